The number of hydrogen-bond donors (Lipinski definition) is 3. The molecule has 1 aliphatic carbocycles. The highest BCUT2D eigenvalue weighted by molar-refractivity contribution is 5.72. The van der Waals surface area contributed by atoms with Crippen LogP contribution < -0.4 is 11.5 Å². The molecule has 114 valence electrons. The summed E-state index contributed by atoms with van der Waals surface area (Å²) in [6, 6.07) is 0. The normalized spacial score (nSPS) is 33.7. The summed E-state index contributed by atoms with van der Waals surface area (Å²) >= 11 is 0. The Morgan fingerprint density at radius 3 is 2.90 bits per heavy atom. The number of aliphatic hydroxyl groups is 1. The minimum Gasteiger partial charge on any atom is -0.462 e. The van der Waals surface area contributed by atoms with E-state index >= 15 is 0 Å². The number of carbonyl (C=O) groups excluding carboxylic acids is 1. The molecule has 2 fully saturated rings. The molecule has 1 saturated heterocycles. The first kappa shape index (κ1) is 15.5. The van der Waals surface area contributed by atoms with Crippen LogP contribution in [0.15, 0.2) is 12.2 Å². The van der Waals surface area contributed by atoms with Crippen LogP contribution in [-0.4, -0.2) is 28.9 Å². The van der Waals surface area contributed by atoms with E-state index in [1.807, 2.05) is 6.08 Å². The van der Waals surface area contributed by atoms with Crippen LogP contribution in [0.4, 0.5) is 0 Å². The largest absolute Gasteiger partial charge is 0.462 e. The van der Waals surface area contributed by atoms with Gasteiger partial charge in [-0.2, -0.15) is 0 Å². The molecule has 0 bridgehead atoms. The van der Waals surface area contributed by atoms with Gasteiger partial charge in [0, 0.05) is 18.3 Å². The molecule has 5 N–H and O–H groups in total. The van der Waals surface area contributed by atoms with Gasteiger partial charge in [0.05, 0.1) is 18.2 Å². The zero-order chi connectivity index (χ0) is 14.8. The Hall–Kier alpha value is -0.910. The van der Waals surface area contributed by atoms with Gasteiger partial charge < -0.3 is 21.3 Å². The zero-order valence-corrected chi connectivity index (χ0v) is 12.1. The van der Waals surface area contributed by atoms with Gasteiger partial charge in [-0.25, -0.2) is 0 Å². The molecule has 0 unspecified atom stereocenters. The number of esters is 1. The highest BCUT2D eigenvalue weighted by Crippen LogP contribution is 2.42. The molecule has 4 atom stereocenters. The van der Waals surface area contributed by atoms with Crippen molar-refractivity contribution in [3.63, 3.8) is 0 Å². The molecule has 0 amide bonds. The highest BCUT2D eigenvalue weighted by Gasteiger charge is 2.48. The smallest absolute Gasteiger partial charge is 0.306 e. The maximum atomic E-state index is 11.3. The molecule has 0 aromatic carbocycles. The molecule has 2 rings (SSSR count). The van der Waals surface area contributed by atoms with Gasteiger partial charge in [-0.05, 0) is 12.8 Å². The second kappa shape index (κ2) is 6.24. The molecule has 1 aliphatic heterocycles. The lowest BCUT2D eigenvalue weighted by Gasteiger charge is -2.22. The van der Waals surface area contributed by atoms with E-state index in [9.17, 15) is 9.90 Å². The molecule has 0 aromatic rings. The average Bonchev–Trinajstić information content (AvgIpc) is 2.82. The van der Waals surface area contributed by atoms with Gasteiger partial charge in [0.1, 0.15) is 6.10 Å². The van der Waals surface area contributed by atoms with E-state index in [1.165, 1.54) is 0 Å². The van der Waals surface area contributed by atoms with E-state index in [0.717, 1.165) is 25.7 Å². The molecule has 5 heteroatoms. The topological polar surface area (TPSA) is 98.6 Å². The fourth-order valence-electron chi connectivity index (χ4n) is 3.24. The Bertz CT molecular complexity index is 381. The number of fused-ring (bicyclic) bond motifs is 1. The first-order valence-corrected chi connectivity index (χ1v) is 7.57. The van der Waals surface area contributed by atoms with Crippen molar-refractivity contribution in [2.45, 2.75) is 63.3 Å². The van der Waals surface area contributed by atoms with Crippen LogP contribution in [0.1, 0.15) is 45.4 Å². The Morgan fingerprint density at radius 1 is 1.45 bits per heavy atom. The summed E-state index contributed by atoms with van der Waals surface area (Å²) in [7, 11) is 0. The standard InChI is InChI=1S/C15H26N2O3/c1-2-3-4-6-15(16,17)7-5-10-11-8-14(19)20-13(11)9-12(10)18/h5,7,10-13,18H,2-4,6,8-9,16-17H2,1H3/b7-5+/t10-,11-,12-,13+/m1/s1. The molecule has 1 saturated carbocycles. The lowest BCUT2D eigenvalue weighted by atomic mass is 9.90. The fraction of sp³-hybridized carbons (Fsp3) is 0.800. The van der Waals surface area contributed by atoms with E-state index in [4.69, 9.17) is 16.2 Å². The number of nitrogens with two attached hydrogens (primary N) is 2. The van der Waals surface area contributed by atoms with Gasteiger partial charge in [0.2, 0.25) is 0 Å². The van der Waals surface area contributed by atoms with Crippen LogP contribution in [0.3, 0.4) is 0 Å². The first-order valence-electron chi connectivity index (χ1n) is 7.57. The van der Waals surface area contributed by atoms with Crippen molar-refractivity contribution < 1.29 is 14.6 Å². The molecule has 20 heavy (non-hydrogen) atoms. The van der Waals surface area contributed by atoms with Crippen molar-refractivity contribution in [2.75, 3.05) is 0 Å². The SMILES string of the molecule is CCCCCC(N)(N)/C=C/[C@@H]1[C@H]2CC(=O)O[C@H]2C[C@H]1O. The fourth-order valence-corrected chi connectivity index (χ4v) is 3.24. The van der Waals surface area contributed by atoms with Gasteiger partial charge in [0.25, 0.3) is 0 Å². The molecule has 0 radical (unpaired) electrons. The van der Waals surface area contributed by atoms with Crippen LogP contribution in [0.2, 0.25) is 0 Å². The third kappa shape index (κ3) is 3.59. The molecule has 5 nitrogen and oxygen atoms in total. The Labute approximate surface area is 120 Å². The van der Waals surface area contributed by atoms with E-state index in [0.29, 0.717) is 12.8 Å². The molecular formula is C15H26N2O3. The van der Waals surface area contributed by atoms with Gasteiger partial charge in [-0.1, -0.05) is 31.9 Å². The Morgan fingerprint density at radius 2 is 2.20 bits per heavy atom. The van der Waals surface area contributed by atoms with E-state index in [-0.39, 0.29) is 23.9 Å². The average molecular weight is 282 g/mol. The predicted octanol–water partition coefficient (Wildman–Crippen LogP) is 1.05. The van der Waals surface area contributed by atoms with Crippen molar-refractivity contribution in [1.82, 2.24) is 0 Å². The van der Waals surface area contributed by atoms with E-state index in [2.05, 4.69) is 6.92 Å². The third-order valence-electron chi connectivity index (χ3n) is 4.42. The van der Waals surface area contributed by atoms with Crippen LogP contribution in [0.5, 0.6) is 0 Å². The number of ether oxygens (including phenoxy) is 1. The van der Waals surface area contributed by atoms with Crippen LogP contribution in [-0.2, 0) is 9.53 Å². The van der Waals surface area contributed by atoms with Crippen LogP contribution >= 0.6 is 0 Å². The summed E-state index contributed by atoms with van der Waals surface area (Å²) < 4.78 is 5.20. The van der Waals surface area contributed by atoms with Gasteiger partial charge >= 0.3 is 5.97 Å². The Balaban J connectivity index is 1.94. The van der Waals surface area contributed by atoms with Crippen LogP contribution in [0.25, 0.3) is 0 Å². The van der Waals surface area contributed by atoms with Crippen molar-refractivity contribution >= 4 is 5.97 Å². The van der Waals surface area contributed by atoms with E-state index in [1.54, 1.807) is 6.08 Å². The number of hydrogen-bond acceptors (Lipinski definition) is 5. The van der Waals surface area contributed by atoms with E-state index < -0.39 is 11.8 Å². The molecule has 0 aromatic heterocycles. The van der Waals surface area contributed by atoms with Gasteiger partial charge in [-0.15, -0.1) is 0 Å². The predicted molar refractivity (Wildman–Crippen MR) is 76.5 cm³/mol. The van der Waals surface area contributed by atoms with Crippen molar-refractivity contribution in [3.8, 4) is 0 Å². The third-order valence-corrected chi connectivity index (χ3v) is 4.42. The van der Waals surface area contributed by atoms with Crippen molar-refractivity contribution in [3.05, 3.63) is 12.2 Å². The van der Waals surface area contributed by atoms with Crippen molar-refractivity contribution in [2.24, 2.45) is 23.3 Å². The first-order chi connectivity index (χ1) is 9.43. The lowest BCUT2D eigenvalue weighted by molar-refractivity contribution is -0.141. The summed E-state index contributed by atoms with van der Waals surface area (Å²) in [5.74, 6) is -0.177. The molecular weight excluding hydrogens is 256 g/mol. The number of aliphatic hydroxyl groups excluding tert-OH is 1. The second-order valence-electron chi connectivity index (χ2n) is 6.21. The van der Waals surface area contributed by atoms with Crippen LogP contribution in [0, 0.1) is 11.8 Å². The number of rotatable bonds is 6. The molecule has 0 spiro atoms. The maximum absolute atomic E-state index is 11.3. The second-order valence-corrected chi connectivity index (χ2v) is 6.21. The van der Waals surface area contributed by atoms with Crippen molar-refractivity contribution in [1.29, 1.82) is 0 Å². The van der Waals surface area contributed by atoms with Gasteiger partial charge in [-0.3, -0.25) is 4.79 Å². The monoisotopic (exact) mass is 282 g/mol. The molecule has 1 heterocycles. The number of unbranched alkanes of at least 4 members (excludes halogenated alkanes) is 2. The summed E-state index contributed by atoms with van der Waals surface area (Å²) in [6.07, 6.45) is 7.94. The zero-order valence-electron chi connectivity index (χ0n) is 12.1. The summed E-state index contributed by atoms with van der Waals surface area (Å²) in [4.78, 5) is 11.3. The minimum atomic E-state index is -0.837. The Kier molecular flexibility index (Phi) is 4.83. The summed E-state index contributed by atoms with van der Waals surface area (Å²) in [6.45, 7) is 2.14. The quantitative estimate of drug-likeness (QED) is 0.293. The summed E-state index contributed by atoms with van der Waals surface area (Å²) in [5.41, 5.74) is 11.3. The highest BCUT2D eigenvalue weighted by atomic mass is 16.6. The molecule has 2 aliphatic rings. The lowest BCUT2D eigenvalue weighted by Crippen LogP contribution is -2.47. The van der Waals surface area contributed by atoms with Gasteiger partial charge in [0.15, 0.2) is 0 Å². The number of carbonyl (C=O) groups is 1. The minimum absolute atomic E-state index is 0.0696. The maximum Gasteiger partial charge on any atom is 0.306 e. The summed E-state index contributed by atoms with van der Waals surface area (Å²) in [5, 5.41) is 10.1.